The van der Waals surface area contributed by atoms with Crippen LogP contribution in [0.1, 0.15) is 39.2 Å². The van der Waals surface area contributed by atoms with Crippen molar-refractivity contribution >= 4 is 40.2 Å². The molecule has 2 aromatic heterocycles. The number of anilines is 4. The van der Waals surface area contributed by atoms with Crippen LogP contribution in [0.5, 0.6) is 5.75 Å². The van der Waals surface area contributed by atoms with Crippen LogP contribution in [0, 0.1) is 0 Å². The van der Waals surface area contributed by atoms with Crippen molar-refractivity contribution in [2.45, 2.75) is 51.4 Å². The molecule has 3 N–H and O–H groups in total. The number of fused-ring (bicyclic) bond motifs is 1. The molecule has 5 rings (SSSR count). The number of methoxy groups -OCH3 is 1. The molecular formula is C29H42FN9O2. The highest BCUT2D eigenvalue weighted by atomic mass is 19.1. The number of amides is 1. The molecule has 0 saturated carbocycles. The number of hydrogen-bond acceptors (Lipinski definition) is 9. The Morgan fingerprint density at radius 2 is 1.88 bits per heavy atom. The minimum atomic E-state index is -0.855. The highest BCUT2D eigenvalue weighted by Crippen LogP contribution is 2.35. The predicted molar refractivity (Wildman–Crippen MR) is 162 cm³/mol. The number of aromatic nitrogens is 4. The minimum Gasteiger partial charge on any atom is -0.494 e. The molecule has 0 spiro atoms. The van der Waals surface area contributed by atoms with Crippen LogP contribution in [0.15, 0.2) is 37.2 Å². The van der Waals surface area contributed by atoms with E-state index in [0.29, 0.717) is 42.8 Å². The second-order valence-corrected chi connectivity index (χ2v) is 10.9. The van der Waals surface area contributed by atoms with Crippen LogP contribution in [0.4, 0.5) is 27.5 Å². The lowest BCUT2D eigenvalue weighted by Crippen LogP contribution is -2.41. The van der Waals surface area contributed by atoms with Gasteiger partial charge in [-0.25, -0.2) is 9.37 Å². The van der Waals surface area contributed by atoms with Crippen LogP contribution < -0.4 is 25.6 Å². The smallest absolute Gasteiger partial charge is 0.240 e. The lowest BCUT2D eigenvalue weighted by Gasteiger charge is -2.36. The van der Waals surface area contributed by atoms with Gasteiger partial charge in [-0.3, -0.25) is 4.79 Å². The first kappa shape index (κ1) is 30.0. The summed E-state index contributed by atoms with van der Waals surface area (Å²) in [4.78, 5) is 30.3. The Hall–Kier alpha value is -3.93. The summed E-state index contributed by atoms with van der Waals surface area (Å²) in [6, 6.07) is 7.06. The molecule has 0 radical (unpaired) electrons. The Balaban J connectivity index is 0.000000714. The Bertz CT molecular complexity index is 1350. The molecule has 3 aromatic rings. The van der Waals surface area contributed by atoms with Crippen molar-refractivity contribution in [2.24, 2.45) is 5.73 Å². The molecule has 2 aliphatic heterocycles. The number of nitrogens with one attached hydrogen (secondary N) is 1. The van der Waals surface area contributed by atoms with Gasteiger partial charge in [0.05, 0.1) is 25.7 Å². The SMILES string of the molecule is C=CC(N)=O.COc1cc(N2CCC(N(C)C)CC2)ccc1Nc1nc(N2CCC(F)C2)nc2c1ncn2C(C)C. The van der Waals surface area contributed by atoms with E-state index in [4.69, 9.17) is 14.7 Å². The number of carbonyl (C=O) groups excluding carboxylic acids is 1. The number of nitrogens with zero attached hydrogens (tertiary/aromatic N) is 7. The molecule has 1 aromatic carbocycles. The average molecular weight is 568 g/mol. The first-order valence-corrected chi connectivity index (χ1v) is 14.0. The van der Waals surface area contributed by atoms with Crippen molar-refractivity contribution in [2.75, 3.05) is 62.5 Å². The number of ether oxygens (including phenoxy) is 1. The number of benzene rings is 1. The van der Waals surface area contributed by atoms with E-state index in [1.54, 1.807) is 13.4 Å². The van der Waals surface area contributed by atoms with Gasteiger partial charge in [0.2, 0.25) is 11.9 Å². The number of primary amides is 1. The van der Waals surface area contributed by atoms with Crippen molar-refractivity contribution in [3.63, 3.8) is 0 Å². The molecule has 0 aliphatic carbocycles. The van der Waals surface area contributed by atoms with Crippen LogP contribution in [-0.2, 0) is 4.79 Å². The first-order chi connectivity index (χ1) is 19.6. The van der Waals surface area contributed by atoms with Crippen molar-refractivity contribution in [3.8, 4) is 5.75 Å². The third-order valence-corrected chi connectivity index (χ3v) is 7.58. The molecule has 12 heteroatoms. The second-order valence-electron chi connectivity index (χ2n) is 10.9. The Labute approximate surface area is 241 Å². The predicted octanol–water partition coefficient (Wildman–Crippen LogP) is 3.90. The number of imidazole rings is 1. The van der Waals surface area contributed by atoms with Gasteiger partial charge >= 0.3 is 0 Å². The summed E-state index contributed by atoms with van der Waals surface area (Å²) in [5.41, 5.74) is 7.91. The Morgan fingerprint density at radius 1 is 1.20 bits per heavy atom. The van der Waals surface area contributed by atoms with E-state index < -0.39 is 12.1 Å². The number of alkyl halides is 1. The zero-order valence-electron chi connectivity index (χ0n) is 24.7. The molecule has 2 saturated heterocycles. The minimum absolute atomic E-state index is 0.184. The van der Waals surface area contributed by atoms with Crippen molar-refractivity contribution < 1.29 is 13.9 Å². The molecule has 1 amide bonds. The van der Waals surface area contributed by atoms with Gasteiger partial charge in [0.1, 0.15) is 11.9 Å². The van der Waals surface area contributed by atoms with Crippen molar-refractivity contribution in [1.29, 1.82) is 0 Å². The molecule has 41 heavy (non-hydrogen) atoms. The lowest BCUT2D eigenvalue weighted by molar-refractivity contribution is -0.113. The molecule has 2 fully saturated rings. The van der Waals surface area contributed by atoms with Crippen molar-refractivity contribution in [1.82, 2.24) is 24.4 Å². The van der Waals surface area contributed by atoms with Gasteiger partial charge in [-0.1, -0.05) is 6.58 Å². The monoisotopic (exact) mass is 567 g/mol. The van der Waals surface area contributed by atoms with E-state index >= 15 is 0 Å². The van der Waals surface area contributed by atoms with Gasteiger partial charge in [-0.15, -0.1) is 0 Å². The summed E-state index contributed by atoms with van der Waals surface area (Å²) in [5.74, 6) is 1.37. The van der Waals surface area contributed by atoms with Gasteiger partial charge in [-0.05, 0) is 65.4 Å². The standard InChI is InChI=1S/C26H37FN8O.C3H5NO/c1-17(2)35-16-28-23-24(30-26(31-25(23)35)34-11-8-18(27)15-34)29-21-7-6-20(14-22(21)36-5)33-12-9-19(10-13-33)32(3)4;1-2-3(4)5/h6-7,14,16-19H,8-13,15H2,1-5H3,(H,29,30,31);2H,1H2,(H2,4,5). The molecule has 1 unspecified atom stereocenters. The van der Waals surface area contributed by atoms with Gasteiger partial charge in [0.15, 0.2) is 17.0 Å². The maximum atomic E-state index is 14.0. The number of piperidine rings is 1. The molecule has 1 atom stereocenters. The van der Waals surface area contributed by atoms with E-state index in [2.05, 4.69) is 72.5 Å². The highest BCUT2D eigenvalue weighted by molar-refractivity contribution is 5.88. The molecule has 11 nitrogen and oxygen atoms in total. The quantitative estimate of drug-likeness (QED) is 0.391. The zero-order chi connectivity index (χ0) is 29.7. The number of carbonyl (C=O) groups is 1. The van der Waals surface area contributed by atoms with Crippen LogP contribution in [0.25, 0.3) is 11.2 Å². The molecule has 222 valence electrons. The zero-order valence-corrected chi connectivity index (χ0v) is 24.7. The van der Waals surface area contributed by atoms with Gasteiger partial charge in [-0.2, -0.15) is 9.97 Å². The fraction of sp³-hybridized carbons (Fsp3) is 0.517. The van der Waals surface area contributed by atoms with E-state index in [1.807, 2.05) is 15.5 Å². The van der Waals surface area contributed by atoms with E-state index in [1.165, 1.54) is 0 Å². The number of rotatable bonds is 8. The maximum Gasteiger partial charge on any atom is 0.240 e. The first-order valence-electron chi connectivity index (χ1n) is 14.0. The Kier molecular flexibility index (Phi) is 9.64. The van der Waals surface area contributed by atoms with Crippen LogP contribution in [0.2, 0.25) is 0 Å². The molecule has 0 bridgehead atoms. The summed E-state index contributed by atoms with van der Waals surface area (Å²) in [7, 11) is 6.00. The van der Waals surface area contributed by atoms with Crippen LogP contribution >= 0.6 is 0 Å². The largest absolute Gasteiger partial charge is 0.494 e. The second kappa shape index (κ2) is 13.2. The average Bonchev–Trinajstić information content (AvgIpc) is 3.60. The molecule has 2 aliphatic rings. The summed E-state index contributed by atoms with van der Waals surface area (Å²) < 4.78 is 21.8. The number of nitrogens with two attached hydrogens (primary N) is 1. The maximum absolute atomic E-state index is 14.0. The fourth-order valence-corrected chi connectivity index (χ4v) is 5.16. The van der Waals surface area contributed by atoms with Crippen LogP contribution in [0.3, 0.4) is 0 Å². The normalized spacial score (nSPS) is 17.6. The lowest BCUT2D eigenvalue weighted by atomic mass is 10.0. The third-order valence-electron chi connectivity index (χ3n) is 7.58. The van der Waals surface area contributed by atoms with Crippen molar-refractivity contribution in [3.05, 3.63) is 37.2 Å². The van der Waals surface area contributed by atoms with E-state index in [9.17, 15) is 9.18 Å². The van der Waals surface area contributed by atoms with Gasteiger partial charge in [0.25, 0.3) is 0 Å². The summed E-state index contributed by atoms with van der Waals surface area (Å²) in [6.45, 7) is 10.2. The Morgan fingerprint density at radius 3 is 2.44 bits per heavy atom. The van der Waals surface area contributed by atoms with E-state index in [0.717, 1.165) is 54.8 Å². The summed E-state index contributed by atoms with van der Waals surface area (Å²) in [5, 5.41) is 3.45. The molecular weight excluding hydrogens is 525 g/mol. The highest BCUT2D eigenvalue weighted by Gasteiger charge is 2.27. The summed E-state index contributed by atoms with van der Waals surface area (Å²) in [6.07, 6.45) is 4.77. The van der Waals surface area contributed by atoms with E-state index in [-0.39, 0.29) is 6.04 Å². The summed E-state index contributed by atoms with van der Waals surface area (Å²) >= 11 is 0. The fourth-order valence-electron chi connectivity index (χ4n) is 5.16. The molecule has 4 heterocycles. The number of halogens is 1. The van der Waals surface area contributed by atoms with Gasteiger partial charge < -0.3 is 35.1 Å². The topological polar surface area (TPSA) is 118 Å². The van der Waals surface area contributed by atoms with Crippen LogP contribution in [-0.4, -0.2) is 89.9 Å². The third kappa shape index (κ3) is 7.05. The van der Waals surface area contributed by atoms with Gasteiger partial charge in [0, 0.05) is 43.5 Å². The number of hydrogen-bond donors (Lipinski definition) is 2.